The van der Waals surface area contributed by atoms with Gasteiger partial charge in [0.25, 0.3) is 0 Å². The zero-order valence-electron chi connectivity index (χ0n) is 80.9. The minimum absolute atomic E-state index is 0. The summed E-state index contributed by atoms with van der Waals surface area (Å²) in [5.41, 5.74) is 16.4. The highest BCUT2D eigenvalue weighted by Crippen LogP contribution is 2.39. The molecule has 740 valence electrons. The van der Waals surface area contributed by atoms with E-state index in [2.05, 4.69) is 88.4 Å². The Kier molecular flexibility index (Phi) is 56.6. The van der Waals surface area contributed by atoms with Gasteiger partial charge in [0.1, 0.15) is 42.7 Å². The summed E-state index contributed by atoms with van der Waals surface area (Å²) in [5, 5.41) is 9.02. The van der Waals surface area contributed by atoms with Gasteiger partial charge in [-0.3, -0.25) is 33.6 Å². The van der Waals surface area contributed by atoms with Crippen molar-refractivity contribution in [2.24, 2.45) is 39.9 Å². The molecule has 1 N–H and O–H groups in total. The average molecular weight is 1840 g/mol. The second-order valence-corrected chi connectivity index (χ2v) is 35.8. The van der Waals surface area contributed by atoms with E-state index in [0.717, 1.165) is 108 Å². The fourth-order valence-electron chi connectivity index (χ4n) is 13.6. The normalized spacial score (nSPS) is 14.5. The third-order valence-corrected chi connectivity index (χ3v) is 24.7. The molecule has 0 fully saturated rings. The summed E-state index contributed by atoms with van der Waals surface area (Å²) >= 11 is 0. The molecule has 7 aromatic rings. The second kappa shape index (κ2) is 60.3. The Morgan fingerprint density at radius 1 is 0.318 bits per heavy atom. The molecule has 0 radical (unpaired) electrons. The van der Waals surface area contributed by atoms with Gasteiger partial charge in [0.05, 0.1) is 39.9 Å². The lowest BCUT2D eigenvalue weighted by Gasteiger charge is -2.25. The minimum Gasteiger partial charge on any atom is -0.458 e. The molecule has 19 nitrogen and oxygen atoms in total. The van der Waals surface area contributed by atoms with Crippen molar-refractivity contribution in [3.63, 3.8) is 0 Å². The van der Waals surface area contributed by atoms with Crippen LogP contribution >= 0.6 is 0 Å². The van der Waals surface area contributed by atoms with Gasteiger partial charge < -0.3 is 57.2 Å². The van der Waals surface area contributed by atoms with Gasteiger partial charge in [0, 0.05) is 13.0 Å². The number of fused-ring (bicyclic) bond motifs is 4. The summed E-state index contributed by atoms with van der Waals surface area (Å²) in [4.78, 5) is 83.2. The first-order valence-corrected chi connectivity index (χ1v) is 45.8. The molecule has 0 saturated heterocycles. The molecule has 7 aromatic carbocycles. The van der Waals surface area contributed by atoms with Crippen LogP contribution in [0, 0.1) is 67.6 Å². The number of ether oxygens (including phenoxy) is 11. The quantitative estimate of drug-likeness (QED) is 0.0325. The Morgan fingerprint density at radius 2 is 0.591 bits per heavy atom. The van der Waals surface area contributed by atoms with E-state index in [1.807, 2.05) is 238 Å². The van der Waals surface area contributed by atoms with Crippen molar-refractivity contribution in [3.05, 3.63) is 223 Å². The van der Waals surface area contributed by atoms with E-state index in [-0.39, 0.29) is 173 Å². The molecule has 132 heavy (non-hydrogen) atoms. The number of hydrogen-bond acceptors (Lipinski definition) is 19. The van der Waals surface area contributed by atoms with Gasteiger partial charge in [0.15, 0.2) is 23.0 Å². The number of rotatable bonds is 30. The maximum absolute atomic E-state index is 12.1. The average Bonchev–Trinajstić information content (AvgIpc) is 1.23. The van der Waals surface area contributed by atoms with Gasteiger partial charge >= 0.3 is 41.8 Å². The fraction of sp³-hybridized carbons (Fsp3) is 0.566. The van der Waals surface area contributed by atoms with Gasteiger partial charge in [-0.15, -0.1) is 0 Å². The molecule has 2 aliphatic carbocycles. The smallest absolute Gasteiger partial charge is 0.312 e. The molecule has 2 aliphatic heterocycles. The number of hydrogen-bond donors (Lipinski definition) is 1. The molecular formula is C113H174O19. The van der Waals surface area contributed by atoms with Crippen LogP contribution < -0.4 is 18.9 Å². The minimum atomic E-state index is -0.454. The summed E-state index contributed by atoms with van der Waals surface area (Å²) in [6, 6.07) is 45.9. The molecule has 2 heterocycles. The number of aliphatic hydroxyl groups is 1. The van der Waals surface area contributed by atoms with Crippen LogP contribution in [0.2, 0.25) is 0 Å². The van der Waals surface area contributed by atoms with E-state index >= 15 is 0 Å². The molecule has 11 unspecified atom stereocenters. The SMILES string of the molecule is C.C.C.C.C.C.CCC(C)(C)C(=O)OC(C)c1c(C)cccc1C.CCC(C)(C)C(=O)OC(C)c1ccc2c(c1)CCC2.CCC(C)(C)C(=O)OC(C)c1ccc2c(c1)OCO2.CCC(C)C(=O)OC(C)c1c(C)cccc1C.CCC(C)C(=O)OC(C)c1ccc2c(c1)CCC2.CCC(C)C(=O)OC(C)c1ccc2c(c1)OCO2.CCC(C)C(=O)OC(CCO)c1ccccc1. The van der Waals surface area contributed by atoms with E-state index in [1.165, 1.54) is 70.2 Å². The Hall–Kier alpha value is -10.0. The Balaban J connectivity index is 0. The fourth-order valence-corrected chi connectivity index (χ4v) is 13.6. The summed E-state index contributed by atoms with van der Waals surface area (Å²) in [5.74, 6) is 1.70. The zero-order valence-corrected chi connectivity index (χ0v) is 80.9. The maximum Gasteiger partial charge on any atom is 0.312 e. The Bertz CT molecular complexity index is 4400. The molecule has 19 heteroatoms. The largest absolute Gasteiger partial charge is 0.458 e. The number of esters is 7. The number of carbonyl (C=O) groups excluding carboxylic acids is 7. The monoisotopic (exact) mass is 1840 g/mol. The maximum atomic E-state index is 12.1. The molecular weight excluding hydrogens is 1660 g/mol. The Labute approximate surface area is 798 Å². The molecule has 0 amide bonds. The van der Waals surface area contributed by atoms with Crippen LogP contribution in [0.4, 0.5) is 0 Å². The zero-order chi connectivity index (χ0) is 93.9. The molecule has 0 spiro atoms. The lowest BCUT2D eigenvalue weighted by Crippen LogP contribution is -2.27. The van der Waals surface area contributed by atoms with Gasteiger partial charge in [-0.2, -0.15) is 0 Å². The van der Waals surface area contributed by atoms with Crippen molar-refractivity contribution < 1.29 is 90.8 Å². The summed E-state index contributed by atoms with van der Waals surface area (Å²) in [6.45, 7) is 53.2. The molecule has 4 aliphatic rings. The Morgan fingerprint density at radius 3 is 0.909 bits per heavy atom. The molecule has 0 bridgehead atoms. The molecule has 0 aromatic heterocycles. The van der Waals surface area contributed by atoms with E-state index < -0.39 is 16.2 Å². The van der Waals surface area contributed by atoms with E-state index in [9.17, 15) is 33.6 Å². The van der Waals surface area contributed by atoms with Crippen LogP contribution in [-0.4, -0.2) is 67.1 Å². The summed E-state index contributed by atoms with van der Waals surface area (Å²) < 4.78 is 59.7. The molecule has 11 atom stereocenters. The van der Waals surface area contributed by atoms with E-state index in [0.29, 0.717) is 17.9 Å². The predicted octanol–water partition coefficient (Wildman–Crippen LogP) is 29.4. The lowest BCUT2D eigenvalue weighted by atomic mass is 9.90. The van der Waals surface area contributed by atoms with Crippen molar-refractivity contribution in [3.8, 4) is 23.0 Å². The standard InChI is InChI=1S/C17H24O2.C16H22O2.C16H24O2.C15H20O4.C15H22O2.C14H18O4.C14H20O3.6CH4/c1-5-17(3,4)16(18)19-12(2)14-10-9-13-7-6-8-15(13)11-14;1-4-11(2)16(17)18-12(3)14-9-8-13-6-5-7-15(13)10-14;1-7-16(5,6)15(17)18-13(4)14-11(2)9-8-10-12(14)3;1-5-15(3,4)14(16)19-10(2)11-6-7-12-13(8-11)18-9-17-12;1-6-10(2)15(16)17-13(5)14-11(3)8-7-9-12(14)4;1-4-9(2)14(15)18-10(3)11-5-6-12-13(7-11)17-8-16-12;1-3-11(2)14(16)17-13(9-10-15)12-7-5-4-6-8-12;;;;;;/h9-12H,5-8H2,1-4H3;8-12H,4-7H2,1-3H3;8-10,13H,7H2,1-6H3;6-8,10H,5,9H2,1-4H3;7-10,13H,6H2,1-5H3;5-7,9-10H,4,8H2,1-3H3;4-8,11,13,15H,3,9-10H2,1-2H3;6*1H4. The predicted molar refractivity (Wildman–Crippen MR) is 538 cm³/mol. The first-order valence-electron chi connectivity index (χ1n) is 45.8. The summed E-state index contributed by atoms with van der Waals surface area (Å²) in [7, 11) is 0. The van der Waals surface area contributed by atoms with Gasteiger partial charge in [-0.1, -0.05) is 236 Å². The second-order valence-electron chi connectivity index (χ2n) is 35.8. The van der Waals surface area contributed by atoms with E-state index in [4.69, 9.17) is 57.2 Å². The number of aliphatic hydroxyl groups excluding tert-OH is 1. The number of benzene rings is 7. The number of carbonyl (C=O) groups is 7. The highest BCUT2D eigenvalue weighted by atomic mass is 16.7. The first kappa shape index (κ1) is 124. The molecule has 11 rings (SSSR count). The van der Waals surface area contributed by atoms with Crippen molar-refractivity contribution in [2.75, 3.05) is 20.2 Å². The van der Waals surface area contributed by atoms with Crippen LogP contribution in [0.25, 0.3) is 0 Å². The van der Waals surface area contributed by atoms with Crippen LogP contribution in [-0.2, 0) is 92.4 Å². The van der Waals surface area contributed by atoms with Gasteiger partial charge in [-0.25, -0.2) is 0 Å². The van der Waals surface area contributed by atoms with Crippen LogP contribution in [0.3, 0.4) is 0 Å². The third kappa shape index (κ3) is 37.8. The number of aryl methyl sites for hydroxylation is 8. The topological polar surface area (TPSA) is 241 Å². The van der Waals surface area contributed by atoms with Crippen molar-refractivity contribution in [1.29, 1.82) is 0 Å². The van der Waals surface area contributed by atoms with Crippen LogP contribution in [0.5, 0.6) is 23.0 Å². The summed E-state index contributed by atoms with van der Waals surface area (Å²) in [6.07, 6.45) is 11.6. The van der Waals surface area contributed by atoms with Crippen LogP contribution in [0.15, 0.2) is 140 Å². The van der Waals surface area contributed by atoms with Gasteiger partial charge in [0.2, 0.25) is 13.6 Å². The third-order valence-electron chi connectivity index (χ3n) is 24.7. The molecule has 0 saturated carbocycles. The van der Waals surface area contributed by atoms with Crippen LogP contribution in [0.1, 0.15) is 394 Å². The van der Waals surface area contributed by atoms with Crippen molar-refractivity contribution in [1.82, 2.24) is 0 Å². The highest BCUT2D eigenvalue weighted by molar-refractivity contribution is 5.78. The highest BCUT2D eigenvalue weighted by Gasteiger charge is 2.34. The van der Waals surface area contributed by atoms with Gasteiger partial charge in [-0.05, 0) is 302 Å². The first-order chi connectivity index (χ1) is 59.5. The van der Waals surface area contributed by atoms with Crippen molar-refractivity contribution in [2.45, 2.75) is 364 Å². The van der Waals surface area contributed by atoms with Crippen molar-refractivity contribution >= 4 is 41.8 Å². The van der Waals surface area contributed by atoms with E-state index in [1.54, 1.807) is 0 Å². The lowest BCUT2D eigenvalue weighted by molar-refractivity contribution is -0.160.